The summed E-state index contributed by atoms with van der Waals surface area (Å²) in [5.74, 6) is 0. The Morgan fingerprint density at radius 3 is 2.50 bits per heavy atom. The molecule has 0 aromatic heterocycles. The van der Waals surface area contributed by atoms with Crippen LogP contribution in [0.5, 0.6) is 0 Å². The van der Waals surface area contributed by atoms with Gasteiger partial charge in [0.1, 0.15) is 0 Å². The molecular weight excluding hydrogens is 120 g/mol. The third-order valence-corrected chi connectivity index (χ3v) is 2.09. The summed E-state index contributed by atoms with van der Waals surface area (Å²) in [6, 6.07) is 0. The smallest absolute Gasteiger partial charge is 0.0102 e. The lowest BCUT2D eigenvalue weighted by molar-refractivity contribution is 0.583. The molecule has 2 nitrogen and oxygen atoms in total. The molecule has 0 bridgehead atoms. The molecule has 0 amide bonds. The Balaban J connectivity index is 2.06. The second kappa shape index (κ2) is 3.33. The van der Waals surface area contributed by atoms with E-state index in [0.717, 1.165) is 0 Å². The van der Waals surface area contributed by atoms with Gasteiger partial charge in [0.15, 0.2) is 0 Å². The molecule has 0 aliphatic carbocycles. The van der Waals surface area contributed by atoms with Crippen molar-refractivity contribution in [2.75, 3.05) is 20.1 Å². The summed E-state index contributed by atoms with van der Waals surface area (Å²) < 4.78 is 5.40. The van der Waals surface area contributed by atoms with Crippen LogP contribution in [0.1, 0.15) is 12.8 Å². The van der Waals surface area contributed by atoms with Crippen LogP contribution >= 0.6 is 12.1 Å². The average Bonchev–Trinajstić information content (AvgIpc) is 2.19. The lowest BCUT2D eigenvalue weighted by Crippen LogP contribution is -2.14. The average molecular weight is 132 g/mol. The minimum Gasteiger partial charge on any atom is -0.254 e. The summed E-state index contributed by atoms with van der Waals surface area (Å²) in [5, 5.41) is 0. The molecule has 0 radical (unpaired) electrons. The van der Waals surface area contributed by atoms with Crippen molar-refractivity contribution in [3.63, 3.8) is 0 Å². The molecular formula is C5H12N2S. The first kappa shape index (κ1) is 6.39. The Morgan fingerprint density at radius 2 is 2.00 bits per heavy atom. The van der Waals surface area contributed by atoms with Crippen molar-refractivity contribution in [1.82, 2.24) is 9.03 Å². The van der Waals surface area contributed by atoms with E-state index in [2.05, 4.69) is 9.03 Å². The maximum atomic E-state index is 3.05. The van der Waals surface area contributed by atoms with Crippen molar-refractivity contribution < 1.29 is 0 Å². The van der Waals surface area contributed by atoms with E-state index < -0.39 is 0 Å². The fourth-order valence-electron chi connectivity index (χ4n) is 0.909. The molecule has 48 valence electrons. The molecule has 0 spiro atoms. The van der Waals surface area contributed by atoms with Crippen LogP contribution in [0.2, 0.25) is 0 Å². The maximum Gasteiger partial charge on any atom is 0.0102 e. The Bertz CT molecular complexity index is 61.4. The quantitative estimate of drug-likeness (QED) is 0.561. The second-order valence-corrected chi connectivity index (χ2v) is 3.04. The molecule has 1 saturated heterocycles. The van der Waals surface area contributed by atoms with Crippen LogP contribution in [-0.4, -0.2) is 24.4 Å². The minimum atomic E-state index is 1.26. The van der Waals surface area contributed by atoms with Crippen molar-refractivity contribution in [1.29, 1.82) is 0 Å². The molecule has 1 heterocycles. The van der Waals surface area contributed by atoms with E-state index in [9.17, 15) is 0 Å². The zero-order valence-corrected chi connectivity index (χ0v) is 6.00. The van der Waals surface area contributed by atoms with Gasteiger partial charge in [0.2, 0.25) is 0 Å². The van der Waals surface area contributed by atoms with Crippen LogP contribution in [0.25, 0.3) is 0 Å². The lowest BCUT2D eigenvalue weighted by atomic mass is 10.4. The van der Waals surface area contributed by atoms with Crippen molar-refractivity contribution >= 4 is 12.1 Å². The van der Waals surface area contributed by atoms with Crippen molar-refractivity contribution in [3.05, 3.63) is 0 Å². The lowest BCUT2D eigenvalue weighted by Gasteiger charge is -2.09. The van der Waals surface area contributed by atoms with Crippen LogP contribution in [-0.2, 0) is 0 Å². The van der Waals surface area contributed by atoms with E-state index in [-0.39, 0.29) is 0 Å². The Hall–Kier alpha value is 0.270. The topological polar surface area (TPSA) is 15.3 Å². The van der Waals surface area contributed by atoms with Gasteiger partial charge in [-0.25, -0.2) is 4.31 Å². The summed E-state index contributed by atoms with van der Waals surface area (Å²) >= 11 is 1.72. The third-order valence-electron chi connectivity index (χ3n) is 1.29. The van der Waals surface area contributed by atoms with E-state index >= 15 is 0 Å². The molecule has 0 atom stereocenters. The number of nitrogens with zero attached hydrogens (tertiary/aromatic N) is 1. The SMILES string of the molecule is CNSN1CCCC1. The molecule has 3 heteroatoms. The highest BCUT2D eigenvalue weighted by Crippen LogP contribution is 2.13. The summed E-state index contributed by atoms with van der Waals surface area (Å²) in [6.07, 6.45) is 2.74. The predicted molar refractivity (Wildman–Crippen MR) is 37.5 cm³/mol. The highest BCUT2D eigenvalue weighted by molar-refractivity contribution is 7.95. The molecule has 1 fully saturated rings. The monoisotopic (exact) mass is 132 g/mol. The van der Waals surface area contributed by atoms with Gasteiger partial charge in [0.25, 0.3) is 0 Å². The Labute approximate surface area is 54.9 Å². The number of hydrogen-bond donors (Lipinski definition) is 1. The highest BCUT2D eigenvalue weighted by atomic mass is 32.2. The molecule has 1 rings (SSSR count). The normalized spacial score (nSPS) is 22.1. The van der Waals surface area contributed by atoms with Gasteiger partial charge in [-0.05, 0) is 19.9 Å². The van der Waals surface area contributed by atoms with Gasteiger partial charge in [-0.3, -0.25) is 4.72 Å². The van der Waals surface area contributed by atoms with Gasteiger partial charge in [-0.2, -0.15) is 0 Å². The summed E-state index contributed by atoms with van der Waals surface area (Å²) in [6.45, 7) is 2.51. The van der Waals surface area contributed by atoms with Crippen LogP contribution in [0, 0.1) is 0 Å². The summed E-state index contributed by atoms with van der Waals surface area (Å²) in [4.78, 5) is 0. The molecule has 0 unspecified atom stereocenters. The number of nitrogens with one attached hydrogen (secondary N) is 1. The molecule has 0 aromatic carbocycles. The Morgan fingerprint density at radius 1 is 1.38 bits per heavy atom. The van der Waals surface area contributed by atoms with Gasteiger partial charge < -0.3 is 0 Å². The Kier molecular flexibility index (Phi) is 2.66. The first-order valence-corrected chi connectivity index (χ1v) is 3.79. The predicted octanol–water partition coefficient (Wildman–Crippen LogP) is 0.865. The minimum absolute atomic E-state index is 1.26. The van der Waals surface area contributed by atoms with E-state index in [1.54, 1.807) is 12.1 Å². The van der Waals surface area contributed by atoms with Crippen LogP contribution < -0.4 is 4.72 Å². The van der Waals surface area contributed by atoms with Crippen LogP contribution in [0.15, 0.2) is 0 Å². The third kappa shape index (κ3) is 1.65. The van der Waals surface area contributed by atoms with E-state index in [4.69, 9.17) is 0 Å². The fourth-order valence-corrected chi connectivity index (χ4v) is 1.61. The summed E-state index contributed by atoms with van der Waals surface area (Å²) in [7, 11) is 1.96. The number of hydrogen-bond acceptors (Lipinski definition) is 3. The van der Waals surface area contributed by atoms with Crippen molar-refractivity contribution in [3.8, 4) is 0 Å². The van der Waals surface area contributed by atoms with Crippen molar-refractivity contribution in [2.45, 2.75) is 12.8 Å². The largest absolute Gasteiger partial charge is 0.254 e. The first-order chi connectivity index (χ1) is 3.93. The zero-order chi connectivity index (χ0) is 5.82. The van der Waals surface area contributed by atoms with Crippen LogP contribution in [0.3, 0.4) is 0 Å². The van der Waals surface area contributed by atoms with E-state index in [0.29, 0.717) is 0 Å². The van der Waals surface area contributed by atoms with Gasteiger partial charge >= 0.3 is 0 Å². The summed E-state index contributed by atoms with van der Waals surface area (Å²) in [5.41, 5.74) is 0. The molecule has 1 aliphatic heterocycles. The fraction of sp³-hybridized carbons (Fsp3) is 1.00. The highest BCUT2D eigenvalue weighted by Gasteiger charge is 2.09. The van der Waals surface area contributed by atoms with Gasteiger partial charge in [0.05, 0.1) is 0 Å². The second-order valence-electron chi connectivity index (χ2n) is 1.93. The van der Waals surface area contributed by atoms with Gasteiger partial charge in [-0.1, -0.05) is 0 Å². The van der Waals surface area contributed by atoms with Gasteiger partial charge in [-0.15, -0.1) is 0 Å². The molecule has 8 heavy (non-hydrogen) atoms. The molecule has 0 aromatic rings. The van der Waals surface area contributed by atoms with Gasteiger partial charge in [0, 0.05) is 25.2 Å². The molecule has 0 saturated carbocycles. The standard InChI is InChI=1S/C5H12N2S/c1-6-8-7-4-2-3-5-7/h6H,2-5H2,1H3. The van der Waals surface area contributed by atoms with E-state index in [1.165, 1.54) is 25.9 Å². The maximum absolute atomic E-state index is 3.05. The molecule has 1 aliphatic rings. The number of rotatable bonds is 2. The van der Waals surface area contributed by atoms with Crippen LogP contribution in [0.4, 0.5) is 0 Å². The van der Waals surface area contributed by atoms with Crippen molar-refractivity contribution in [2.24, 2.45) is 0 Å². The molecule has 1 N–H and O–H groups in total. The zero-order valence-electron chi connectivity index (χ0n) is 5.18. The first-order valence-electron chi connectivity index (χ1n) is 3.02. The van der Waals surface area contributed by atoms with E-state index in [1.807, 2.05) is 7.05 Å².